The predicted octanol–water partition coefficient (Wildman–Crippen LogP) is 0.641. The van der Waals surface area contributed by atoms with Crippen LogP contribution in [0.25, 0.3) is 0 Å². The number of nitrogens with two attached hydrogens (primary N) is 1. The fourth-order valence-corrected chi connectivity index (χ4v) is 2.32. The second kappa shape index (κ2) is 7.62. The third-order valence-corrected chi connectivity index (χ3v) is 4.31. The first-order valence-electron chi connectivity index (χ1n) is 5.56. The van der Waals surface area contributed by atoms with Crippen molar-refractivity contribution in [3.05, 3.63) is 0 Å². The van der Waals surface area contributed by atoms with Crippen LogP contribution < -0.4 is 5.73 Å². The number of carbonyl (C=O) groups is 1. The molecule has 0 amide bonds. The first-order chi connectivity index (χ1) is 7.43. The van der Waals surface area contributed by atoms with Crippen LogP contribution in [0.3, 0.4) is 0 Å². The van der Waals surface area contributed by atoms with E-state index in [1.54, 1.807) is 6.92 Å². The molecule has 96 valence electrons. The summed E-state index contributed by atoms with van der Waals surface area (Å²) in [5.41, 5.74) is 5.31. The Balaban J connectivity index is 4.09. The smallest absolute Gasteiger partial charge is 0.306 e. The maximum absolute atomic E-state index is 11.2. The van der Waals surface area contributed by atoms with Crippen molar-refractivity contribution >= 4 is 15.8 Å². The van der Waals surface area contributed by atoms with Gasteiger partial charge < -0.3 is 10.8 Å². The Labute approximate surface area is 96.9 Å². The molecular weight excluding hydrogens is 230 g/mol. The standard InChI is InChI=1S/C10H21NO4S/c1-2-16(14,15)8-6-9(10(12)13)5-3-4-7-11/h9H,2-8,11H2,1H3,(H,12,13). The summed E-state index contributed by atoms with van der Waals surface area (Å²) in [6, 6.07) is 0. The molecule has 0 spiro atoms. The van der Waals surface area contributed by atoms with Gasteiger partial charge in [-0.05, 0) is 25.8 Å². The van der Waals surface area contributed by atoms with Crippen molar-refractivity contribution in [2.24, 2.45) is 11.7 Å². The van der Waals surface area contributed by atoms with Crippen LogP contribution in [0.4, 0.5) is 0 Å². The third-order valence-electron chi connectivity index (χ3n) is 2.57. The number of sulfone groups is 1. The molecule has 0 aliphatic carbocycles. The number of rotatable bonds is 9. The molecule has 0 fully saturated rings. The van der Waals surface area contributed by atoms with Gasteiger partial charge in [-0.2, -0.15) is 0 Å². The minimum atomic E-state index is -3.07. The van der Waals surface area contributed by atoms with E-state index in [9.17, 15) is 13.2 Å². The van der Waals surface area contributed by atoms with Crippen LogP contribution in [-0.2, 0) is 14.6 Å². The normalized spacial score (nSPS) is 13.6. The third kappa shape index (κ3) is 6.79. The summed E-state index contributed by atoms with van der Waals surface area (Å²) in [4.78, 5) is 10.9. The average molecular weight is 251 g/mol. The highest BCUT2D eigenvalue weighted by Crippen LogP contribution is 2.14. The molecule has 0 aromatic rings. The molecule has 3 N–H and O–H groups in total. The van der Waals surface area contributed by atoms with Crippen LogP contribution in [0.2, 0.25) is 0 Å². The van der Waals surface area contributed by atoms with Crippen molar-refractivity contribution in [3.8, 4) is 0 Å². The molecule has 0 aromatic heterocycles. The quantitative estimate of drug-likeness (QED) is 0.586. The van der Waals surface area contributed by atoms with E-state index in [0.29, 0.717) is 13.0 Å². The van der Waals surface area contributed by atoms with Gasteiger partial charge in [-0.15, -0.1) is 0 Å². The molecule has 0 aromatic carbocycles. The van der Waals surface area contributed by atoms with Crippen LogP contribution in [0.1, 0.15) is 32.6 Å². The van der Waals surface area contributed by atoms with Gasteiger partial charge in [0.2, 0.25) is 0 Å². The SMILES string of the molecule is CCS(=O)(=O)CCC(CCCCN)C(=O)O. The van der Waals surface area contributed by atoms with Crippen molar-refractivity contribution < 1.29 is 18.3 Å². The van der Waals surface area contributed by atoms with E-state index in [4.69, 9.17) is 10.8 Å². The van der Waals surface area contributed by atoms with Gasteiger partial charge >= 0.3 is 5.97 Å². The fourth-order valence-electron chi connectivity index (χ4n) is 1.39. The molecule has 0 rings (SSSR count). The lowest BCUT2D eigenvalue weighted by Crippen LogP contribution is -2.19. The molecule has 1 atom stereocenters. The van der Waals surface area contributed by atoms with Gasteiger partial charge in [-0.25, -0.2) is 8.42 Å². The lowest BCUT2D eigenvalue weighted by atomic mass is 9.99. The topological polar surface area (TPSA) is 97.5 Å². The zero-order chi connectivity index (χ0) is 12.6. The van der Waals surface area contributed by atoms with Crippen molar-refractivity contribution in [2.75, 3.05) is 18.1 Å². The molecule has 0 bridgehead atoms. The van der Waals surface area contributed by atoms with Gasteiger partial charge in [0.1, 0.15) is 9.84 Å². The zero-order valence-electron chi connectivity index (χ0n) is 9.68. The monoisotopic (exact) mass is 251 g/mol. The highest BCUT2D eigenvalue weighted by molar-refractivity contribution is 7.91. The van der Waals surface area contributed by atoms with Gasteiger partial charge in [-0.1, -0.05) is 13.3 Å². The maximum Gasteiger partial charge on any atom is 0.306 e. The molecular formula is C10H21NO4S. The molecule has 0 saturated carbocycles. The van der Waals surface area contributed by atoms with Gasteiger partial charge in [0.05, 0.1) is 11.7 Å². The summed E-state index contributed by atoms with van der Waals surface area (Å²) in [7, 11) is -3.07. The Morgan fingerprint density at radius 1 is 1.31 bits per heavy atom. The number of carboxylic acids is 1. The van der Waals surface area contributed by atoms with E-state index in [1.165, 1.54) is 0 Å². The summed E-state index contributed by atoms with van der Waals surface area (Å²) >= 11 is 0. The first kappa shape index (κ1) is 15.4. The fraction of sp³-hybridized carbons (Fsp3) is 0.900. The van der Waals surface area contributed by atoms with E-state index in [0.717, 1.165) is 12.8 Å². The minimum Gasteiger partial charge on any atom is -0.481 e. The highest BCUT2D eigenvalue weighted by atomic mass is 32.2. The lowest BCUT2D eigenvalue weighted by Gasteiger charge is -2.11. The number of unbranched alkanes of at least 4 members (excludes halogenated alkanes) is 1. The number of hydrogen-bond acceptors (Lipinski definition) is 4. The van der Waals surface area contributed by atoms with Gasteiger partial charge in [0, 0.05) is 5.75 Å². The van der Waals surface area contributed by atoms with E-state index in [2.05, 4.69) is 0 Å². The summed E-state index contributed by atoms with van der Waals surface area (Å²) < 4.78 is 22.5. The Bertz CT molecular complexity index is 300. The van der Waals surface area contributed by atoms with Gasteiger partial charge in [0.15, 0.2) is 0 Å². The minimum absolute atomic E-state index is 0.0386. The largest absolute Gasteiger partial charge is 0.481 e. The lowest BCUT2D eigenvalue weighted by molar-refractivity contribution is -0.142. The second-order valence-electron chi connectivity index (χ2n) is 3.84. The summed E-state index contributed by atoms with van der Waals surface area (Å²) in [5.74, 6) is -1.44. The molecule has 0 aliphatic rings. The first-order valence-corrected chi connectivity index (χ1v) is 7.38. The van der Waals surface area contributed by atoms with E-state index in [-0.39, 0.29) is 17.9 Å². The van der Waals surface area contributed by atoms with Crippen molar-refractivity contribution in [1.82, 2.24) is 0 Å². The molecule has 0 aliphatic heterocycles. The van der Waals surface area contributed by atoms with Crippen LogP contribution in [0.5, 0.6) is 0 Å². The van der Waals surface area contributed by atoms with E-state index < -0.39 is 21.7 Å². The van der Waals surface area contributed by atoms with Crippen LogP contribution in [0.15, 0.2) is 0 Å². The average Bonchev–Trinajstić information content (AvgIpc) is 2.22. The zero-order valence-corrected chi connectivity index (χ0v) is 10.5. The Morgan fingerprint density at radius 2 is 1.94 bits per heavy atom. The number of carboxylic acid groups (broad SMARTS) is 1. The Morgan fingerprint density at radius 3 is 2.38 bits per heavy atom. The molecule has 0 heterocycles. The maximum atomic E-state index is 11.2. The Hall–Kier alpha value is -0.620. The van der Waals surface area contributed by atoms with E-state index in [1.807, 2.05) is 0 Å². The molecule has 16 heavy (non-hydrogen) atoms. The summed E-state index contributed by atoms with van der Waals surface area (Å²) in [6.07, 6.45) is 2.23. The second-order valence-corrected chi connectivity index (χ2v) is 6.32. The number of aliphatic carboxylic acids is 1. The number of hydrogen-bond donors (Lipinski definition) is 2. The van der Waals surface area contributed by atoms with Gasteiger partial charge in [0.25, 0.3) is 0 Å². The van der Waals surface area contributed by atoms with Gasteiger partial charge in [-0.3, -0.25) is 4.79 Å². The van der Waals surface area contributed by atoms with Crippen LogP contribution in [-0.4, -0.2) is 37.5 Å². The molecule has 6 heteroatoms. The molecule has 0 radical (unpaired) electrons. The van der Waals surface area contributed by atoms with Crippen molar-refractivity contribution in [2.45, 2.75) is 32.6 Å². The molecule has 1 unspecified atom stereocenters. The summed E-state index contributed by atoms with van der Waals surface area (Å²) in [6.45, 7) is 2.11. The van der Waals surface area contributed by atoms with Crippen LogP contribution in [0, 0.1) is 5.92 Å². The van der Waals surface area contributed by atoms with Crippen LogP contribution >= 0.6 is 0 Å². The highest BCUT2D eigenvalue weighted by Gasteiger charge is 2.19. The molecule has 0 saturated heterocycles. The van der Waals surface area contributed by atoms with E-state index >= 15 is 0 Å². The van der Waals surface area contributed by atoms with Crippen molar-refractivity contribution in [3.63, 3.8) is 0 Å². The predicted molar refractivity (Wildman–Crippen MR) is 63.0 cm³/mol. The van der Waals surface area contributed by atoms with Crippen molar-refractivity contribution in [1.29, 1.82) is 0 Å². The molecule has 5 nitrogen and oxygen atoms in total. The summed E-state index contributed by atoms with van der Waals surface area (Å²) in [5, 5.41) is 8.92. The Kier molecular flexibility index (Phi) is 7.33.